The second-order valence-corrected chi connectivity index (χ2v) is 5.96. The number of rotatable bonds is 5. The van der Waals surface area contributed by atoms with Crippen LogP contribution in [0.15, 0.2) is 24.3 Å². The Morgan fingerprint density at radius 2 is 2.24 bits per heavy atom. The minimum absolute atomic E-state index is 0.00789. The first-order chi connectivity index (χ1) is 10.1. The topological polar surface area (TPSA) is 40.5 Å². The van der Waals surface area contributed by atoms with Gasteiger partial charge in [0.15, 0.2) is 0 Å². The molecule has 0 radical (unpaired) electrons. The van der Waals surface area contributed by atoms with Crippen LogP contribution < -0.4 is 0 Å². The Balaban J connectivity index is 2.03. The summed E-state index contributed by atoms with van der Waals surface area (Å²) in [5.74, 6) is -0.00789. The van der Waals surface area contributed by atoms with Crippen molar-refractivity contribution in [1.29, 1.82) is 0 Å². The van der Waals surface area contributed by atoms with Gasteiger partial charge in [-0.1, -0.05) is 35.3 Å². The molecule has 5 heteroatoms. The lowest BCUT2D eigenvalue weighted by Gasteiger charge is -2.23. The van der Waals surface area contributed by atoms with Crippen molar-refractivity contribution >= 4 is 35.2 Å². The van der Waals surface area contributed by atoms with E-state index in [1.165, 1.54) is 0 Å². The minimum Gasteiger partial charge on any atom is -0.396 e. The van der Waals surface area contributed by atoms with Crippen LogP contribution >= 0.6 is 23.2 Å². The van der Waals surface area contributed by atoms with Crippen molar-refractivity contribution in [2.45, 2.75) is 31.7 Å². The number of amides is 1. The maximum absolute atomic E-state index is 12.3. The molecule has 1 unspecified atom stereocenters. The zero-order chi connectivity index (χ0) is 15.2. The molecule has 1 heterocycles. The largest absolute Gasteiger partial charge is 0.396 e. The number of hydrogen-bond acceptors (Lipinski definition) is 2. The highest BCUT2D eigenvalue weighted by Crippen LogP contribution is 2.27. The highest BCUT2D eigenvalue weighted by Gasteiger charge is 2.26. The third-order valence-electron chi connectivity index (χ3n) is 3.74. The molecule has 1 atom stereocenters. The first-order valence-electron chi connectivity index (χ1n) is 7.17. The smallest absolute Gasteiger partial charge is 0.246 e. The summed E-state index contributed by atoms with van der Waals surface area (Å²) in [4.78, 5) is 14.2. The fourth-order valence-electron chi connectivity index (χ4n) is 2.66. The maximum Gasteiger partial charge on any atom is 0.246 e. The minimum atomic E-state index is -0.00789. The van der Waals surface area contributed by atoms with Crippen molar-refractivity contribution < 1.29 is 9.90 Å². The van der Waals surface area contributed by atoms with Crippen LogP contribution in [0.1, 0.15) is 31.2 Å². The number of carbonyl (C=O) groups is 1. The Kier molecular flexibility index (Phi) is 6.09. The second-order valence-electron chi connectivity index (χ2n) is 5.17. The van der Waals surface area contributed by atoms with Crippen molar-refractivity contribution in [3.63, 3.8) is 0 Å². The first kappa shape index (κ1) is 16.3. The molecule has 1 N–H and O–H groups in total. The number of hydrogen-bond donors (Lipinski definition) is 1. The van der Waals surface area contributed by atoms with Gasteiger partial charge < -0.3 is 10.0 Å². The molecule has 1 aliphatic rings. The summed E-state index contributed by atoms with van der Waals surface area (Å²) in [6.45, 7) is 0.953. The van der Waals surface area contributed by atoms with Gasteiger partial charge in [-0.2, -0.15) is 0 Å². The lowest BCUT2D eigenvalue weighted by molar-refractivity contribution is -0.126. The molecule has 114 valence electrons. The van der Waals surface area contributed by atoms with Gasteiger partial charge in [-0.3, -0.25) is 4.79 Å². The summed E-state index contributed by atoms with van der Waals surface area (Å²) in [5, 5.41) is 9.85. The molecule has 1 aliphatic heterocycles. The van der Waals surface area contributed by atoms with E-state index in [1.54, 1.807) is 24.3 Å². The third kappa shape index (κ3) is 4.22. The number of nitrogens with zero attached hydrogens (tertiary/aromatic N) is 1. The summed E-state index contributed by atoms with van der Waals surface area (Å²) in [5.41, 5.74) is 0.739. The predicted molar refractivity (Wildman–Crippen MR) is 86.6 cm³/mol. The summed E-state index contributed by atoms with van der Waals surface area (Å²) >= 11 is 12.0. The summed E-state index contributed by atoms with van der Waals surface area (Å²) in [6.07, 6.45) is 6.88. The van der Waals surface area contributed by atoms with Crippen molar-refractivity contribution in [1.82, 2.24) is 4.90 Å². The molecule has 0 aliphatic carbocycles. The highest BCUT2D eigenvalue weighted by atomic mass is 35.5. The Morgan fingerprint density at radius 1 is 1.43 bits per heavy atom. The molecule has 1 amide bonds. The fourth-order valence-corrected chi connectivity index (χ4v) is 3.03. The van der Waals surface area contributed by atoms with E-state index in [-0.39, 0.29) is 18.6 Å². The molecule has 1 aromatic carbocycles. The molecule has 0 spiro atoms. The molecular weight excluding hydrogens is 309 g/mol. The van der Waals surface area contributed by atoms with Gasteiger partial charge in [-0.05, 0) is 43.4 Å². The van der Waals surface area contributed by atoms with Crippen molar-refractivity contribution in [3.05, 3.63) is 39.9 Å². The lowest BCUT2D eigenvalue weighted by atomic mass is 10.1. The van der Waals surface area contributed by atoms with Crippen molar-refractivity contribution in [3.8, 4) is 0 Å². The van der Waals surface area contributed by atoms with Crippen LogP contribution in [-0.2, 0) is 4.79 Å². The monoisotopic (exact) mass is 327 g/mol. The van der Waals surface area contributed by atoms with E-state index in [4.69, 9.17) is 28.3 Å². The summed E-state index contributed by atoms with van der Waals surface area (Å²) in [6, 6.07) is 5.59. The molecule has 0 bridgehead atoms. The number of benzene rings is 1. The van der Waals surface area contributed by atoms with Crippen LogP contribution in [0.4, 0.5) is 0 Å². The quantitative estimate of drug-likeness (QED) is 0.836. The number of carbonyl (C=O) groups excluding carboxylic acids is 1. The average molecular weight is 328 g/mol. The Hall–Kier alpha value is -1.03. The van der Waals surface area contributed by atoms with Crippen LogP contribution in [0.25, 0.3) is 6.08 Å². The van der Waals surface area contributed by atoms with Gasteiger partial charge in [0.2, 0.25) is 5.91 Å². The van der Waals surface area contributed by atoms with Crippen LogP contribution in [0.2, 0.25) is 10.0 Å². The third-order valence-corrected chi connectivity index (χ3v) is 4.58. The normalized spacial score (nSPS) is 18.6. The Morgan fingerprint density at radius 3 is 3.00 bits per heavy atom. The summed E-state index contributed by atoms with van der Waals surface area (Å²) < 4.78 is 0. The maximum atomic E-state index is 12.3. The van der Waals surface area contributed by atoms with Gasteiger partial charge in [0, 0.05) is 25.3 Å². The molecule has 1 fully saturated rings. The standard InChI is InChI=1S/C16H19Cl2NO2/c17-14-7-1-4-12(16(14)18)8-9-15(21)19-10-2-5-13(19)6-3-11-20/h1,4,7-9,13,20H,2-3,5-6,10-11H2. The summed E-state index contributed by atoms with van der Waals surface area (Å²) in [7, 11) is 0. The lowest BCUT2D eigenvalue weighted by Crippen LogP contribution is -2.34. The van der Waals surface area contributed by atoms with Gasteiger partial charge >= 0.3 is 0 Å². The highest BCUT2D eigenvalue weighted by molar-refractivity contribution is 6.42. The van der Waals surface area contributed by atoms with E-state index >= 15 is 0 Å². The molecule has 1 aromatic rings. The van der Waals surface area contributed by atoms with Crippen LogP contribution in [0.3, 0.4) is 0 Å². The first-order valence-corrected chi connectivity index (χ1v) is 7.92. The zero-order valence-corrected chi connectivity index (χ0v) is 13.3. The SMILES string of the molecule is O=C(C=Cc1cccc(Cl)c1Cl)N1CCCC1CCCO. The van der Waals surface area contributed by atoms with E-state index in [9.17, 15) is 4.79 Å². The average Bonchev–Trinajstić information content (AvgIpc) is 2.95. The zero-order valence-electron chi connectivity index (χ0n) is 11.8. The molecule has 0 saturated carbocycles. The van der Waals surface area contributed by atoms with Crippen LogP contribution in [-0.4, -0.2) is 35.1 Å². The van der Waals surface area contributed by atoms with Gasteiger partial charge in [0.1, 0.15) is 0 Å². The van der Waals surface area contributed by atoms with Gasteiger partial charge in [-0.25, -0.2) is 0 Å². The molecule has 1 saturated heterocycles. The second kappa shape index (κ2) is 7.83. The van der Waals surface area contributed by atoms with E-state index in [2.05, 4.69) is 0 Å². The van der Waals surface area contributed by atoms with Crippen molar-refractivity contribution in [2.24, 2.45) is 0 Å². The van der Waals surface area contributed by atoms with E-state index in [0.717, 1.165) is 37.8 Å². The van der Waals surface area contributed by atoms with E-state index in [1.807, 2.05) is 11.0 Å². The van der Waals surface area contributed by atoms with Crippen molar-refractivity contribution in [2.75, 3.05) is 13.2 Å². The molecule has 21 heavy (non-hydrogen) atoms. The van der Waals surface area contributed by atoms with Gasteiger partial charge in [-0.15, -0.1) is 0 Å². The van der Waals surface area contributed by atoms with E-state index in [0.29, 0.717) is 10.0 Å². The number of halogens is 2. The Bertz CT molecular complexity index is 531. The van der Waals surface area contributed by atoms with Crippen LogP contribution in [0, 0.1) is 0 Å². The number of likely N-dealkylation sites (tertiary alicyclic amines) is 1. The van der Waals surface area contributed by atoms with Gasteiger partial charge in [0.05, 0.1) is 10.0 Å². The molecule has 3 nitrogen and oxygen atoms in total. The number of aliphatic hydroxyl groups is 1. The fraction of sp³-hybridized carbons (Fsp3) is 0.438. The predicted octanol–water partition coefficient (Wildman–Crippen LogP) is 3.77. The molecule has 0 aromatic heterocycles. The molecular formula is C16H19Cl2NO2. The van der Waals surface area contributed by atoms with E-state index < -0.39 is 0 Å². The van der Waals surface area contributed by atoms with Gasteiger partial charge in [0.25, 0.3) is 0 Å². The molecule has 2 rings (SSSR count). The Labute approximate surface area is 135 Å². The van der Waals surface area contributed by atoms with Crippen LogP contribution in [0.5, 0.6) is 0 Å². The number of aliphatic hydroxyl groups excluding tert-OH is 1.